The molecular formula is C23H29N7O2. The zero-order valence-corrected chi connectivity index (χ0v) is 18.1. The van der Waals surface area contributed by atoms with E-state index in [1.165, 1.54) is 0 Å². The molecule has 3 atom stereocenters. The number of benzene rings is 2. The number of hydrogen-bond acceptors (Lipinski definition) is 6. The van der Waals surface area contributed by atoms with Gasteiger partial charge in [-0.15, -0.1) is 5.10 Å². The molecule has 4 rings (SSSR count). The highest BCUT2D eigenvalue weighted by atomic mass is 16.2. The van der Waals surface area contributed by atoms with Gasteiger partial charge in [-0.1, -0.05) is 41.6 Å². The predicted molar refractivity (Wildman–Crippen MR) is 121 cm³/mol. The molecule has 1 fully saturated rings. The normalized spacial score (nSPS) is 19.3. The fourth-order valence-corrected chi connectivity index (χ4v) is 4.17. The van der Waals surface area contributed by atoms with Crippen molar-refractivity contribution in [3.63, 3.8) is 0 Å². The van der Waals surface area contributed by atoms with Crippen molar-refractivity contribution in [1.29, 1.82) is 0 Å². The van der Waals surface area contributed by atoms with Gasteiger partial charge in [-0.05, 0) is 42.5 Å². The number of aryl methyl sites for hydroxylation is 2. The van der Waals surface area contributed by atoms with Crippen LogP contribution in [-0.2, 0) is 29.6 Å². The van der Waals surface area contributed by atoms with E-state index in [9.17, 15) is 9.59 Å². The lowest BCUT2D eigenvalue weighted by molar-refractivity contribution is -0.139. The highest BCUT2D eigenvalue weighted by molar-refractivity contribution is 5.90. The van der Waals surface area contributed by atoms with Gasteiger partial charge in [0.15, 0.2) is 0 Å². The summed E-state index contributed by atoms with van der Waals surface area (Å²) >= 11 is 0. The van der Waals surface area contributed by atoms with Gasteiger partial charge in [0, 0.05) is 26.2 Å². The fraction of sp³-hybridized carbons (Fsp3) is 0.391. The Kier molecular flexibility index (Phi) is 6.48. The van der Waals surface area contributed by atoms with Crippen LogP contribution in [0.3, 0.4) is 0 Å². The van der Waals surface area contributed by atoms with Crippen molar-refractivity contribution in [2.45, 2.75) is 43.9 Å². The van der Waals surface area contributed by atoms with Crippen molar-refractivity contribution < 1.29 is 9.59 Å². The summed E-state index contributed by atoms with van der Waals surface area (Å²) in [5.41, 5.74) is 16.0. The van der Waals surface area contributed by atoms with Crippen molar-refractivity contribution in [2.75, 3.05) is 6.54 Å². The summed E-state index contributed by atoms with van der Waals surface area (Å²) in [6.45, 7) is 0.667. The molecular weight excluding hydrogens is 406 g/mol. The Bertz CT molecular complexity index is 1100. The number of carbonyl (C=O) groups excluding carboxylic acids is 2. The van der Waals surface area contributed by atoms with E-state index in [0.717, 1.165) is 22.2 Å². The number of aromatic nitrogens is 3. The molecule has 0 unspecified atom stereocenters. The van der Waals surface area contributed by atoms with Crippen molar-refractivity contribution in [3.8, 4) is 0 Å². The molecule has 0 saturated carbocycles. The van der Waals surface area contributed by atoms with Crippen LogP contribution in [-0.4, -0.2) is 56.4 Å². The molecule has 0 bridgehead atoms. The minimum absolute atomic E-state index is 0.221. The maximum Gasteiger partial charge on any atom is 0.243 e. The SMILES string of the molecule is Cn1nnc2cc(CNC(=O)[C@@H]3C[C@H](N)CN3C(=O)[C@H](N)CCc3ccccc3)ccc21. The molecule has 9 nitrogen and oxygen atoms in total. The molecule has 2 heterocycles. The maximum absolute atomic E-state index is 13.0. The van der Waals surface area contributed by atoms with Crippen LogP contribution >= 0.6 is 0 Å². The predicted octanol–water partition coefficient (Wildman–Crippen LogP) is 0.473. The Balaban J connectivity index is 1.36. The summed E-state index contributed by atoms with van der Waals surface area (Å²) < 4.78 is 1.70. The van der Waals surface area contributed by atoms with Crippen LogP contribution in [0.2, 0.25) is 0 Å². The highest BCUT2D eigenvalue weighted by Gasteiger charge is 2.39. The summed E-state index contributed by atoms with van der Waals surface area (Å²) in [4.78, 5) is 27.5. The van der Waals surface area contributed by atoms with E-state index in [-0.39, 0.29) is 17.9 Å². The van der Waals surface area contributed by atoms with Crippen LogP contribution in [0.4, 0.5) is 0 Å². The quantitative estimate of drug-likeness (QED) is 0.494. The van der Waals surface area contributed by atoms with E-state index in [0.29, 0.717) is 32.4 Å². The molecule has 1 aliphatic heterocycles. The van der Waals surface area contributed by atoms with E-state index in [1.807, 2.05) is 55.6 Å². The minimum Gasteiger partial charge on any atom is -0.350 e. The molecule has 1 saturated heterocycles. The molecule has 0 radical (unpaired) electrons. The average Bonchev–Trinajstić information content (AvgIpc) is 3.38. The first-order valence-corrected chi connectivity index (χ1v) is 10.8. The number of rotatable bonds is 7. The zero-order valence-electron chi connectivity index (χ0n) is 18.1. The van der Waals surface area contributed by atoms with E-state index < -0.39 is 12.1 Å². The van der Waals surface area contributed by atoms with Gasteiger partial charge in [0.1, 0.15) is 11.6 Å². The molecule has 9 heteroatoms. The van der Waals surface area contributed by atoms with E-state index in [2.05, 4.69) is 15.6 Å². The Morgan fingerprint density at radius 1 is 1.19 bits per heavy atom. The second-order valence-corrected chi connectivity index (χ2v) is 8.39. The van der Waals surface area contributed by atoms with Crippen LogP contribution in [0, 0.1) is 0 Å². The van der Waals surface area contributed by atoms with Gasteiger partial charge in [-0.3, -0.25) is 9.59 Å². The first-order chi connectivity index (χ1) is 15.4. The first-order valence-electron chi connectivity index (χ1n) is 10.8. The van der Waals surface area contributed by atoms with Gasteiger partial charge < -0.3 is 21.7 Å². The molecule has 2 amide bonds. The Morgan fingerprint density at radius 2 is 1.97 bits per heavy atom. The van der Waals surface area contributed by atoms with E-state index in [1.54, 1.807) is 9.58 Å². The third kappa shape index (κ3) is 4.79. The zero-order chi connectivity index (χ0) is 22.7. The lowest BCUT2D eigenvalue weighted by Gasteiger charge is -2.26. The smallest absolute Gasteiger partial charge is 0.243 e. The molecule has 32 heavy (non-hydrogen) atoms. The van der Waals surface area contributed by atoms with Crippen molar-refractivity contribution in [2.24, 2.45) is 18.5 Å². The number of nitrogens with zero attached hydrogens (tertiary/aromatic N) is 4. The number of carbonyl (C=O) groups is 2. The van der Waals surface area contributed by atoms with Crippen LogP contribution in [0.15, 0.2) is 48.5 Å². The third-order valence-corrected chi connectivity index (χ3v) is 5.97. The van der Waals surface area contributed by atoms with E-state index in [4.69, 9.17) is 11.5 Å². The number of likely N-dealkylation sites (tertiary alicyclic amines) is 1. The second kappa shape index (κ2) is 9.46. The molecule has 2 aromatic carbocycles. The van der Waals surface area contributed by atoms with Gasteiger partial charge in [0.25, 0.3) is 0 Å². The summed E-state index contributed by atoms with van der Waals surface area (Å²) in [5.74, 6) is -0.448. The highest BCUT2D eigenvalue weighted by Crippen LogP contribution is 2.19. The number of fused-ring (bicyclic) bond motifs is 1. The number of nitrogens with two attached hydrogens (primary N) is 2. The van der Waals surface area contributed by atoms with Crippen LogP contribution in [0.5, 0.6) is 0 Å². The maximum atomic E-state index is 13.0. The molecule has 1 aliphatic rings. The van der Waals surface area contributed by atoms with Crippen LogP contribution in [0.1, 0.15) is 24.0 Å². The molecule has 5 N–H and O–H groups in total. The Hall–Kier alpha value is -3.30. The number of amides is 2. The second-order valence-electron chi connectivity index (χ2n) is 8.39. The summed E-state index contributed by atoms with van der Waals surface area (Å²) in [5, 5.41) is 11.0. The topological polar surface area (TPSA) is 132 Å². The summed E-state index contributed by atoms with van der Waals surface area (Å²) in [6.07, 6.45) is 1.64. The van der Waals surface area contributed by atoms with Gasteiger partial charge in [0.05, 0.1) is 11.6 Å². The third-order valence-electron chi connectivity index (χ3n) is 5.97. The van der Waals surface area contributed by atoms with Crippen LogP contribution in [0.25, 0.3) is 11.0 Å². The Labute approximate surface area is 186 Å². The minimum atomic E-state index is -0.671. The molecule has 168 valence electrons. The van der Waals surface area contributed by atoms with Crippen molar-refractivity contribution in [3.05, 3.63) is 59.7 Å². The van der Waals surface area contributed by atoms with Crippen LogP contribution < -0.4 is 16.8 Å². The molecule has 0 spiro atoms. The lowest BCUT2D eigenvalue weighted by atomic mass is 10.0. The van der Waals surface area contributed by atoms with Crippen molar-refractivity contribution >= 4 is 22.8 Å². The first kappa shape index (κ1) is 21.9. The van der Waals surface area contributed by atoms with Crippen molar-refractivity contribution in [1.82, 2.24) is 25.2 Å². The summed E-state index contributed by atoms with van der Waals surface area (Å²) in [6, 6.07) is 14.1. The fourth-order valence-electron chi connectivity index (χ4n) is 4.17. The average molecular weight is 436 g/mol. The molecule has 0 aliphatic carbocycles. The lowest BCUT2D eigenvalue weighted by Crippen LogP contribution is -2.51. The largest absolute Gasteiger partial charge is 0.350 e. The van der Waals surface area contributed by atoms with Gasteiger partial charge in [-0.25, -0.2) is 4.68 Å². The number of nitrogens with one attached hydrogen (secondary N) is 1. The van der Waals surface area contributed by atoms with E-state index >= 15 is 0 Å². The van der Waals surface area contributed by atoms with Gasteiger partial charge >= 0.3 is 0 Å². The Morgan fingerprint density at radius 3 is 2.75 bits per heavy atom. The monoisotopic (exact) mass is 435 g/mol. The van der Waals surface area contributed by atoms with Gasteiger partial charge in [-0.2, -0.15) is 0 Å². The molecule has 3 aromatic rings. The standard InChI is InChI=1S/C23H29N7O2/c1-29-20-10-8-16(11-19(20)27-28-29)13-26-22(31)21-12-17(24)14-30(21)23(32)18(25)9-7-15-5-3-2-4-6-15/h2-6,8,10-11,17-18,21H,7,9,12-14,24-25H2,1H3,(H,26,31)/t17-,18+,21-/m0/s1. The van der Waals surface area contributed by atoms with Gasteiger partial charge in [0.2, 0.25) is 11.8 Å². The molecule has 1 aromatic heterocycles. The number of hydrogen-bond donors (Lipinski definition) is 3. The summed E-state index contributed by atoms with van der Waals surface area (Å²) in [7, 11) is 1.83.